The highest BCUT2D eigenvalue weighted by molar-refractivity contribution is 6.00. The van der Waals surface area contributed by atoms with E-state index in [1.54, 1.807) is 23.1 Å². The number of benzene rings is 1. The summed E-state index contributed by atoms with van der Waals surface area (Å²) in [5.74, 6) is 0.662. The number of hydrogen-bond donors (Lipinski definition) is 0. The van der Waals surface area contributed by atoms with Gasteiger partial charge in [-0.1, -0.05) is 0 Å². The van der Waals surface area contributed by atoms with Crippen molar-refractivity contribution in [2.24, 2.45) is 4.99 Å². The molecule has 5 heteroatoms. The normalized spacial score (nSPS) is 16.9. The Balaban J connectivity index is 2.24. The summed E-state index contributed by atoms with van der Waals surface area (Å²) >= 11 is 0. The molecule has 1 amide bonds. The van der Waals surface area contributed by atoms with Gasteiger partial charge in [0.05, 0.1) is 11.4 Å². The summed E-state index contributed by atoms with van der Waals surface area (Å²) in [5, 5.41) is 0. The first kappa shape index (κ1) is 10.1. The average molecular weight is 230 g/mol. The van der Waals surface area contributed by atoms with Crippen molar-refractivity contribution in [1.82, 2.24) is 0 Å². The molecule has 0 atom stereocenters. The van der Waals surface area contributed by atoms with E-state index in [1.807, 2.05) is 0 Å². The number of hydrogen-bond acceptors (Lipinski definition) is 4. The molecule has 5 nitrogen and oxygen atoms in total. The highest BCUT2D eigenvalue weighted by Crippen LogP contribution is 2.43. The van der Waals surface area contributed by atoms with Crippen molar-refractivity contribution in [3.63, 3.8) is 0 Å². The molecule has 0 aromatic heterocycles. The SMILES string of the molecule is O=C=Nc1ccc2c3c1CCCN3C(=O)CO2. The van der Waals surface area contributed by atoms with Gasteiger partial charge in [0.15, 0.2) is 6.61 Å². The first-order valence-corrected chi connectivity index (χ1v) is 5.48. The van der Waals surface area contributed by atoms with E-state index < -0.39 is 0 Å². The summed E-state index contributed by atoms with van der Waals surface area (Å²) in [6.45, 7) is 0.791. The number of aliphatic imine (C=N–C) groups is 1. The second-order valence-electron chi connectivity index (χ2n) is 4.05. The first-order chi connectivity index (χ1) is 8.31. The molecule has 0 saturated heterocycles. The second kappa shape index (κ2) is 3.71. The zero-order chi connectivity index (χ0) is 11.8. The molecule has 0 spiro atoms. The molecular formula is C12H10N2O3. The van der Waals surface area contributed by atoms with Gasteiger partial charge in [0.2, 0.25) is 6.08 Å². The molecule has 86 valence electrons. The van der Waals surface area contributed by atoms with E-state index in [1.165, 1.54) is 0 Å². The Bertz CT molecular complexity index is 547. The van der Waals surface area contributed by atoms with Gasteiger partial charge in [-0.15, -0.1) is 0 Å². The quantitative estimate of drug-likeness (QED) is 0.540. The van der Waals surface area contributed by atoms with Crippen LogP contribution >= 0.6 is 0 Å². The number of anilines is 1. The third kappa shape index (κ3) is 1.44. The van der Waals surface area contributed by atoms with Gasteiger partial charge in [-0.25, -0.2) is 4.79 Å². The van der Waals surface area contributed by atoms with E-state index in [0.29, 0.717) is 18.0 Å². The number of isocyanates is 1. The minimum Gasteiger partial charge on any atom is -0.482 e. The lowest BCUT2D eigenvalue weighted by atomic mass is 9.98. The van der Waals surface area contributed by atoms with Crippen LogP contribution in [0.15, 0.2) is 17.1 Å². The van der Waals surface area contributed by atoms with Gasteiger partial charge in [0.25, 0.3) is 5.91 Å². The third-order valence-corrected chi connectivity index (χ3v) is 3.12. The number of carbonyl (C=O) groups excluding carboxylic acids is 2. The summed E-state index contributed by atoms with van der Waals surface area (Å²) in [7, 11) is 0. The maximum absolute atomic E-state index is 11.7. The van der Waals surface area contributed by atoms with Gasteiger partial charge in [0.1, 0.15) is 5.75 Å². The number of carbonyl (C=O) groups is 1. The first-order valence-electron chi connectivity index (χ1n) is 5.48. The highest BCUT2D eigenvalue weighted by Gasteiger charge is 2.31. The van der Waals surface area contributed by atoms with Crippen molar-refractivity contribution in [2.75, 3.05) is 18.1 Å². The molecule has 1 aromatic rings. The zero-order valence-electron chi connectivity index (χ0n) is 9.10. The van der Waals surface area contributed by atoms with Crippen molar-refractivity contribution in [2.45, 2.75) is 12.8 Å². The van der Waals surface area contributed by atoms with Crippen LogP contribution in [0.2, 0.25) is 0 Å². The molecule has 17 heavy (non-hydrogen) atoms. The molecule has 2 aliphatic heterocycles. The lowest BCUT2D eigenvalue weighted by molar-refractivity contribution is -0.121. The topological polar surface area (TPSA) is 59.0 Å². The van der Waals surface area contributed by atoms with E-state index in [0.717, 1.165) is 24.1 Å². The van der Waals surface area contributed by atoms with Crippen molar-refractivity contribution in [1.29, 1.82) is 0 Å². The molecule has 2 heterocycles. The zero-order valence-corrected chi connectivity index (χ0v) is 9.10. The van der Waals surface area contributed by atoms with Crippen molar-refractivity contribution >= 4 is 23.4 Å². The standard InChI is InChI=1S/C12H10N2O3/c15-7-13-9-3-4-10-12-8(9)2-1-5-14(12)11(16)6-17-10/h3-4H,1-2,5-6H2. The Morgan fingerprint density at radius 3 is 3.12 bits per heavy atom. The summed E-state index contributed by atoms with van der Waals surface area (Å²) in [5.41, 5.74) is 2.27. The van der Waals surface area contributed by atoms with Crippen LogP contribution in [0.3, 0.4) is 0 Å². The maximum atomic E-state index is 11.7. The van der Waals surface area contributed by atoms with E-state index in [9.17, 15) is 9.59 Å². The molecule has 3 rings (SSSR count). The van der Waals surface area contributed by atoms with Crippen LogP contribution in [0.5, 0.6) is 5.75 Å². The number of ether oxygens (including phenoxy) is 1. The van der Waals surface area contributed by atoms with Crippen LogP contribution in [0.4, 0.5) is 11.4 Å². The predicted octanol–water partition coefficient (Wildman–Crippen LogP) is 1.33. The fourth-order valence-electron chi connectivity index (χ4n) is 2.41. The lowest BCUT2D eigenvalue weighted by Gasteiger charge is -2.34. The molecule has 0 bridgehead atoms. The Hall–Kier alpha value is -2.13. The molecular weight excluding hydrogens is 220 g/mol. The molecule has 0 N–H and O–H groups in total. The van der Waals surface area contributed by atoms with E-state index in [-0.39, 0.29) is 12.5 Å². The Labute approximate surface area is 97.7 Å². The van der Waals surface area contributed by atoms with Gasteiger partial charge >= 0.3 is 0 Å². The van der Waals surface area contributed by atoms with Gasteiger partial charge in [-0.2, -0.15) is 4.99 Å². The summed E-state index contributed by atoms with van der Waals surface area (Å²) in [4.78, 5) is 27.5. The molecule has 0 radical (unpaired) electrons. The molecule has 0 fully saturated rings. The Kier molecular flexibility index (Phi) is 2.20. The van der Waals surface area contributed by atoms with Crippen molar-refractivity contribution < 1.29 is 14.3 Å². The maximum Gasteiger partial charge on any atom is 0.265 e. The molecule has 1 aromatic carbocycles. The van der Waals surface area contributed by atoms with E-state index in [2.05, 4.69) is 4.99 Å². The number of amides is 1. The minimum atomic E-state index is -0.0364. The van der Waals surface area contributed by atoms with Crippen molar-refractivity contribution in [3.8, 4) is 5.75 Å². The van der Waals surface area contributed by atoms with Gasteiger partial charge < -0.3 is 9.64 Å². The lowest BCUT2D eigenvalue weighted by Crippen LogP contribution is -2.42. The van der Waals surface area contributed by atoms with Crippen LogP contribution in [0, 0.1) is 0 Å². The fraction of sp³-hybridized carbons (Fsp3) is 0.333. The summed E-state index contributed by atoms with van der Waals surface area (Å²) < 4.78 is 5.38. The smallest absolute Gasteiger partial charge is 0.265 e. The predicted molar refractivity (Wildman–Crippen MR) is 60.4 cm³/mol. The summed E-state index contributed by atoms with van der Waals surface area (Å²) in [6, 6.07) is 3.48. The van der Waals surface area contributed by atoms with Crippen LogP contribution in [0.25, 0.3) is 0 Å². The molecule has 2 aliphatic rings. The minimum absolute atomic E-state index is 0.0364. The van der Waals surface area contributed by atoms with Crippen LogP contribution < -0.4 is 9.64 Å². The molecule has 0 unspecified atom stereocenters. The second-order valence-corrected chi connectivity index (χ2v) is 4.05. The van der Waals surface area contributed by atoms with Crippen molar-refractivity contribution in [3.05, 3.63) is 17.7 Å². The highest BCUT2D eigenvalue weighted by atomic mass is 16.5. The number of nitrogens with zero attached hydrogens (tertiary/aromatic N) is 2. The van der Waals surface area contributed by atoms with Gasteiger partial charge in [0, 0.05) is 12.1 Å². The summed E-state index contributed by atoms with van der Waals surface area (Å²) in [6.07, 6.45) is 3.23. The Morgan fingerprint density at radius 2 is 2.29 bits per heavy atom. The largest absolute Gasteiger partial charge is 0.482 e. The molecule has 0 saturated carbocycles. The average Bonchev–Trinajstić information content (AvgIpc) is 2.36. The Morgan fingerprint density at radius 1 is 1.41 bits per heavy atom. The monoisotopic (exact) mass is 230 g/mol. The molecule has 0 aliphatic carbocycles. The van der Waals surface area contributed by atoms with Crippen LogP contribution in [-0.4, -0.2) is 25.1 Å². The number of rotatable bonds is 1. The third-order valence-electron chi connectivity index (χ3n) is 3.12. The van der Waals surface area contributed by atoms with Gasteiger partial charge in [-0.05, 0) is 25.0 Å². The van der Waals surface area contributed by atoms with Crippen LogP contribution in [0.1, 0.15) is 12.0 Å². The van der Waals surface area contributed by atoms with E-state index >= 15 is 0 Å². The fourth-order valence-corrected chi connectivity index (χ4v) is 2.41. The van der Waals surface area contributed by atoms with Gasteiger partial charge in [-0.3, -0.25) is 4.79 Å². The van der Waals surface area contributed by atoms with E-state index in [4.69, 9.17) is 4.74 Å². The van der Waals surface area contributed by atoms with Crippen LogP contribution in [-0.2, 0) is 16.0 Å².